The highest BCUT2D eigenvalue weighted by atomic mass is 19.3. The van der Waals surface area contributed by atoms with Crippen molar-refractivity contribution < 1.29 is 46.9 Å². The third-order valence-electron chi connectivity index (χ3n) is 13.9. The van der Waals surface area contributed by atoms with Crippen molar-refractivity contribution in [2.75, 3.05) is 38.0 Å². The Hall–Kier alpha value is -6.95. The van der Waals surface area contributed by atoms with Crippen molar-refractivity contribution in [1.29, 1.82) is 0 Å². The molecule has 2 saturated heterocycles. The van der Waals surface area contributed by atoms with Crippen LogP contribution >= 0.6 is 0 Å². The molecule has 350 valence electrons. The van der Waals surface area contributed by atoms with Gasteiger partial charge in [0.1, 0.15) is 36.4 Å². The van der Waals surface area contributed by atoms with E-state index in [2.05, 4.69) is 50.5 Å². The van der Waals surface area contributed by atoms with Crippen molar-refractivity contribution in [2.45, 2.75) is 82.7 Å². The number of H-pyrrole nitrogens is 1. The summed E-state index contributed by atoms with van der Waals surface area (Å²) < 4.78 is 47.3. The van der Waals surface area contributed by atoms with E-state index in [0.29, 0.717) is 36.1 Å². The minimum Gasteiger partial charge on any atom is -0.488 e. The lowest BCUT2D eigenvalue weighted by molar-refractivity contribution is -0.139. The standard InChI is InChI=1S/C49H52F2N8O8/c1-24(2)40(56-48(62)64-3)46(61)59-36-17-29(36)18-38(59)43-52-20-35(54-43)28-10-12-31-30(15-28)23-66-39-19-32-27(16-33(31)39)11-13-34-42(32)55-44(53-34)37-14-25(22-67-47(50)51)21-58(37)45(60)41(57-49(63)65-4)26-8-6-5-7-9-26/h5-13,15-16,19-20,24-25,29,36-38,40-41,44,47,53,55H,14,17-18,21-23H2,1-4H3,(H,52,54)(H,56,62)(H,57,63)/t25-,29?,36+,37-,38-,40-,41+,44?/m0/s1. The third kappa shape index (κ3) is 8.31. The Morgan fingerprint density at radius 3 is 2.43 bits per heavy atom. The summed E-state index contributed by atoms with van der Waals surface area (Å²) in [7, 11) is 2.51. The Morgan fingerprint density at radius 2 is 1.67 bits per heavy atom. The van der Waals surface area contributed by atoms with Crippen LogP contribution in [0.3, 0.4) is 0 Å². The van der Waals surface area contributed by atoms with Gasteiger partial charge in [0.05, 0.1) is 56.2 Å². The topological polar surface area (TPSA) is 188 Å². The highest BCUT2D eigenvalue weighted by Gasteiger charge is 2.56. The SMILES string of the molecule is COC(=O)N[C@H](C(=O)N1[C@@H]2CC2C[C@H]1c1ncc(-c2ccc3c(c2)COc2cc4c5c(ccc4cc2-3)NC([C@@H]2C[C@H](COC(F)F)CN2C(=O)[C@H](NC(=O)OC)c2ccccc2)N5)[nH]1)C(C)C. The molecule has 16 nitrogen and oxygen atoms in total. The third-order valence-corrected chi connectivity index (χ3v) is 13.9. The predicted molar refractivity (Wildman–Crippen MR) is 243 cm³/mol. The Balaban J connectivity index is 0.884. The van der Waals surface area contributed by atoms with Gasteiger partial charge in [-0.25, -0.2) is 14.6 Å². The summed E-state index contributed by atoms with van der Waals surface area (Å²) in [6, 6.07) is 20.8. The Bertz CT molecular complexity index is 2740. The van der Waals surface area contributed by atoms with Crippen LogP contribution in [0.15, 0.2) is 79.0 Å². The number of likely N-dealkylation sites (tertiary alicyclic amines) is 2. The fourth-order valence-electron chi connectivity index (χ4n) is 10.5. The van der Waals surface area contributed by atoms with Gasteiger partial charge < -0.3 is 55.0 Å². The summed E-state index contributed by atoms with van der Waals surface area (Å²) in [4.78, 5) is 64.8. The van der Waals surface area contributed by atoms with E-state index in [4.69, 9.17) is 23.9 Å². The minimum atomic E-state index is -2.95. The van der Waals surface area contributed by atoms with E-state index in [1.165, 1.54) is 14.2 Å². The van der Waals surface area contributed by atoms with Gasteiger partial charge in [-0.15, -0.1) is 0 Å². The molecule has 5 aliphatic rings. The normalized spacial score (nSPS) is 23.0. The zero-order valence-electron chi connectivity index (χ0n) is 37.4. The number of aromatic amines is 1. The number of halogens is 2. The summed E-state index contributed by atoms with van der Waals surface area (Å²) in [5.74, 6) is 0.759. The molecule has 0 bridgehead atoms. The molecule has 5 N–H and O–H groups in total. The van der Waals surface area contributed by atoms with Gasteiger partial charge in [-0.1, -0.05) is 62.4 Å². The number of piperidine rings is 1. The predicted octanol–water partition coefficient (Wildman–Crippen LogP) is 7.55. The molecule has 3 fully saturated rings. The number of anilines is 2. The van der Waals surface area contributed by atoms with Crippen LogP contribution in [-0.4, -0.2) is 102 Å². The van der Waals surface area contributed by atoms with Gasteiger partial charge in [0.25, 0.3) is 0 Å². The highest BCUT2D eigenvalue weighted by molar-refractivity contribution is 6.05. The van der Waals surface area contributed by atoms with Crippen LogP contribution in [0.25, 0.3) is 33.2 Å². The molecule has 1 saturated carbocycles. The molecular formula is C49H52F2N8O8. The summed E-state index contributed by atoms with van der Waals surface area (Å²) in [5, 5.41) is 14.4. The van der Waals surface area contributed by atoms with Crippen molar-refractivity contribution in [3.8, 4) is 28.1 Å². The molecule has 10 rings (SSSR count). The number of alkyl carbamates (subject to hydrolysis) is 2. The number of rotatable bonds is 12. The number of hydrogen-bond donors (Lipinski definition) is 5. The number of benzene rings is 4. The lowest BCUT2D eigenvalue weighted by Crippen LogP contribution is -2.52. The van der Waals surface area contributed by atoms with Gasteiger partial charge in [-0.05, 0) is 83.0 Å². The molecule has 8 atom stereocenters. The number of carbonyl (C=O) groups is 4. The molecule has 18 heteroatoms. The quantitative estimate of drug-likeness (QED) is 0.0832. The molecule has 2 unspecified atom stereocenters. The van der Waals surface area contributed by atoms with E-state index >= 15 is 0 Å². The van der Waals surface area contributed by atoms with Crippen molar-refractivity contribution in [1.82, 2.24) is 30.4 Å². The number of hydrogen-bond acceptors (Lipinski definition) is 11. The van der Waals surface area contributed by atoms with Crippen LogP contribution in [0, 0.1) is 17.8 Å². The van der Waals surface area contributed by atoms with Gasteiger partial charge >= 0.3 is 18.8 Å². The van der Waals surface area contributed by atoms with Crippen LogP contribution in [0.4, 0.5) is 29.7 Å². The number of ether oxygens (including phenoxy) is 4. The number of fused-ring (bicyclic) bond motifs is 7. The van der Waals surface area contributed by atoms with Crippen molar-refractivity contribution >= 4 is 46.1 Å². The number of alkyl halides is 2. The number of nitrogens with one attached hydrogen (secondary N) is 5. The van der Waals surface area contributed by atoms with E-state index in [1.807, 2.05) is 36.9 Å². The Labute approximate surface area is 385 Å². The number of nitrogens with zero attached hydrogens (tertiary/aromatic N) is 3. The van der Waals surface area contributed by atoms with Crippen molar-refractivity contribution in [3.05, 3.63) is 95.9 Å². The zero-order chi connectivity index (χ0) is 46.7. The second-order valence-corrected chi connectivity index (χ2v) is 18.3. The van der Waals surface area contributed by atoms with Gasteiger partial charge in [0.15, 0.2) is 0 Å². The molecule has 0 radical (unpaired) electrons. The largest absolute Gasteiger partial charge is 0.488 e. The molecule has 4 amide bonds. The molecule has 0 spiro atoms. The highest BCUT2D eigenvalue weighted by Crippen LogP contribution is 2.54. The van der Waals surface area contributed by atoms with Crippen LogP contribution < -0.4 is 26.0 Å². The first-order chi connectivity index (χ1) is 32.4. The van der Waals surface area contributed by atoms with Crippen LogP contribution in [0.1, 0.15) is 62.1 Å². The average Bonchev–Trinajstić information content (AvgIpc) is 3.81. The van der Waals surface area contributed by atoms with Crippen LogP contribution in [-0.2, 0) is 30.4 Å². The Morgan fingerprint density at radius 1 is 0.881 bits per heavy atom. The molecule has 1 aromatic heterocycles. The lowest BCUT2D eigenvalue weighted by atomic mass is 9.92. The summed E-state index contributed by atoms with van der Waals surface area (Å²) in [6.07, 6.45) is 1.99. The first-order valence-corrected chi connectivity index (χ1v) is 22.6. The van der Waals surface area contributed by atoms with Gasteiger partial charge in [-0.2, -0.15) is 8.78 Å². The molecular weight excluding hydrogens is 867 g/mol. The van der Waals surface area contributed by atoms with Gasteiger partial charge in [0, 0.05) is 29.5 Å². The monoisotopic (exact) mass is 918 g/mol. The first-order valence-electron chi connectivity index (χ1n) is 22.6. The number of amides is 4. The smallest absolute Gasteiger partial charge is 0.407 e. The van der Waals surface area contributed by atoms with E-state index in [9.17, 15) is 28.0 Å². The van der Waals surface area contributed by atoms with E-state index in [0.717, 1.165) is 62.9 Å². The van der Waals surface area contributed by atoms with E-state index in [-0.39, 0.29) is 37.1 Å². The Kier molecular flexibility index (Phi) is 11.6. The lowest BCUT2D eigenvalue weighted by Gasteiger charge is -2.32. The van der Waals surface area contributed by atoms with Crippen molar-refractivity contribution in [3.63, 3.8) is 0 Å². The molecule has 67 heavy (non-hydrogen) atoms. The van der Waals surface area contributed by atoms with Gasteiger partial charge in [-0.3, -0.25) is 9.59 Å². The maximum atomic E-state index is 14.4. The summed E-state index contributed by atoms with van der Waals surface area (Å²) in [5.41, 5.74) is 6.89. The molecule has 4 aromatic carbocycles. The first kappa shape index (κ1) is 43.9. The summed E-state index contributed by atoms with van der Waals surface area (Å²) in [6.45, 7) is 1.08. The fraction of sp³-hybridized carbons (Fsp3) is 0.408. The number of methoxy groups -OCH3 is 2. The average molecular weight is 919 g/mol. The van der Waals surface area contributed by atoms with Gasteiger partial charge in [0.2, 0.25) is 11.8 Å². The second kappa shape index (κ2) is 17.7. The second-order valence-electron chi connectivity index (χ2n) is 18.3. The minimum absolute atomic E-state index is 0.123. The maximum absolute atomic E-state index is 14.4. The number of aromatic nitrogens is 2. The zero-order valence-corrected chi connectivity index (χ0v) is 37.4. The number of carbonyl (C=O) groups excluding carboxylic acids is 4. The summed E-state index contributed by atoms with van der Waals surface area (Å²) >= 11 is 0. The number of imidazole rings is 1. The van der Waals surface area contributed by atoms with E-state index in [1.54, 1.807) is 41.4 Å². The maximum Gasteiger partial charge on any atom is 0.407 e. The van der Waals surface area contributed by atoms with E-state index < -0.39 is 54.9 Å². The fourth-order valence-corrected chi connectivity index (χ4v) is 10.5. The molecule has 5 aromatic rings. The van der Waals surface area contributed by atoms with Crippen LogP contribution in [0.5, 0.6) is 5.75 Å². The molecule has 4 aliphatic heterocycles. The van der Waals surface area contributed by atoms with Crippen LogP contribution in [0.2, 0.25) is 0 Å². The molecule has 1 aliphatic carbocycles. The van der Waals surface area contributed by atoms with Crippen molar-refractivity contribution in [2.24, 2.45) is 17.8 Å². The molecule has 5 heterocycles.